The van der Waals surface area contributed by atoms with Gasteiger partial charge in [-0.3, -0.25) is 9.98 Å². The van der Waals surface area contributed by atoms with Crippen molar-refractivity contribution in [3.05, 3.63) is 24.5 Å². The third kappa shape index (κ3) is 5.64. The van der Waals surface area contributed by atoms with Crippen molar-refractivity contribution < 1.29 is 8.42 Å². The van der Waals surface area contributed by atoms with Crippen LogP contribution in [0, 0.1) is 0 Å². The second-order valence-corrected chi connectivity index (χ2v) is 8.50. The van der Waals surface area contributed by atoms with Gasteiger partial charge in [-0.05, 0) is 37.7 Å². The monoisotopic (exact) mass is 371 g/mol. The van der Waals surface area contributed by atoms with Crippen LogP contribution in [0.1, 0.15) is 19.3 Å². The number of rotatable bonds is 7. The fourth-order valence-electron chi connectivity index (χ4n) is 2.63. The molecule has 0 saturated heterocycles. The fourth-order valence-corrected chi connectivity index (χ4v) is 4.42. The quantitative estimate of drug-likeness (QED) is 0.373. The Hall–Kier alpha value is -1.32. The highest BCUT2D eigenvalue weighted by Gasteiger charge is 2.24. The minimum atomic E-state index is -3.51. The molecule has 0 amide bonds. The molecule has 7 nitrogen and oxygen atoms in total. The van der Waals surface area contributed by atoms with Gasteiger partial charge in [0, 0.05) is 43.8 Å². The number of nitrogens with one attached hydrogen (secondary N) is 3. The molecule has 0 radical (unpaired) electrons. The molecule has 1 fully saturated rings. The summed E-state index contributed by atoms with van der Waals surface area (Å²) in [6.45, 7) is 0.730. The summed E-state index contributed by atoms with van der Waals surface area (Å²) < 4.78 is 26.7. The summed E-state index contributed by atoms with van der Waals surface area (Å²) in [5.74, 6) is 0.710. The van der Waals surface area contributed by atoms with Gasteiger partial charge in [-0.15, -0.1) is 0 Å². The molecule has 1 aliphatic carbocycles. The SMILES string of the molecule is CN=C(NCCNS(=O)(=O)c1cccnc1)NC1CCC(SC)C1. The Morgan fingerprint density at radius 3 is 2.88 bits per heavy atom. The Balaban J connectivity index is 1.73. The third-order valence-electron chi connectivity index (χ3n) is 3.94. The molecule has 1 saturated carbocycles. The number of aliphatic imine (C=N–C) groups is 1. The highest BCUT2D eigenvalue weighted by atomic mass is 32.2. The summed E-state index contributed by atoms with van der Waals surface area (Å²) in [4.78, 5) is 8.19. The van der Waals surface area contributed by atoms with E-state index in [1.165, 1.54) is 18.7 Å². The summed E-state index contributed by atoms with van der Waals surface area (Å²) in [6, 6.07) is 3.55. The van der Waals surface area contributed by atoms with Gasteiger partial charge in [-0.1, -0.05) is 0 Å². The van der Waals surface area contributed by atoms with Crippen LogP contribution in [0.5, 0.6) is 0 Å². The lowest BCUT2D eigenvalue weighted by Crippen LogP contribution is -2.45. The van der Waals surface area contributed by atoms with Crippen molar-refractivity contribution in [2.45, 2.75) is 35.4 Å². The molecular formula is C15H25N5O2S2. The predicted octanol–water partition coefficient (Wildman–Crippen LogP) is 0.809. The van der Waals surface area contributed by atoms with E-state index in [2.05, 4.69) is 31.6 Å². The van der Waals surface area contributed by atoms with Crippen molar-refractivity contribution in [2.24, 2.45) is 4.99 Å². The first-order valence-electron chi connectivity index (χ1n) is 7.95. The van der Waals surface area contributed by atoms with Crippen molar-refractivity contribution in [2.75, 3.05) is 26.4 Å². The standard InChI is InChI=1S/C15H25N5O2S2/c1-16-15(20-12-5-6-13(10-12)23-2)18-8-9-19-24(21,22)14-4-3-7-17-11-14/h3-4,7,11-13,19H,5-6,8-10H2,1-2H3,(H2,16,18,20). The number of guanidine groups is 1. The van der Waals surface area contributed by atoms with E-state index in [0.29, 0.717) is 23.8 Å². The lowest BCUT2D eigenvalue weighted by molar-refractivity contribution is 0.578. The van der Waals surface area contributed by atoms with E-state index < -0.39 is 10.0 Å². The van der Waals surface area contributed by atoms with Crippen molar-refractivity contribution in [1.82, 2.24) is 20.3 Å². The number of nitrogens with zero attached hydrogens (tertiary/aromatic N) is 2. The first-order chi connectivity index (χ1) is 11.5. The van der Waals surface area contributed by atoms with E-state index in [-0.39, 0.29) is 11.4 Å². The highest BCUT2D eigenvalue weighted by molar-refractivity contribution is 7.99. The van der Waals surface area contributed by atoms with Gasteiger partial charge in [0.05, 0.1) is 0 Å². The largest absolute Gasteiger partial charge is 0.355 e. The molecule has 2 unspecified atom stereocenters. The van der Waals surface area contributed by atoms with E-state index >= 15 is 0 Å². The van der Waals surface area contributed by atoms with Gasteiger partial charge < -0.3 is 10.6 Å². The first kappa shape index (κ1) is 19.0. The molecule has 9 heteroatoms. The Kier molecular flexibility index (Phi) is 7.32. The third-order valence-corrected chi connectivity index (χ3v) is 6.48. The molecule has 0 aliphatic heterocycles. The maximum atomic E-state index is 12.1. The zero-order valence-corrected chi connectivity index (χ0v) is 15.7. The zero-order valence-electron chi connectivity index (χ0n) is 14.0. The second kappa shape index (κ2) is 9.24. The normalized spacial score (nSPS) is 21.7. The molecule has 1 aromatic rings. The highest BCUT2D eigenvalue weighted by Crippen LogP contribution is 2.27. The molecular weight excluding hydrogens is 346 g/mol. The van der Waals surface area contributed by atoms with Crippen LogP contribution in [0.25, 0.3) is 0 Å². The average molecular weight is 372 g/mol. The Labute approximate surface area is 148 Å². The number of thioether (sulfide) groups is 1. The van der Waals surface area contributed by atoms with Gasteiger partial charge in [0.25, 0.3) is 0 Å². The minimum Gasteiger partial charge on any atom is -0.355 e. The fraction of sp³-hybridized carbons (Fsp3) is 0.600. The number of hydrogen-bond donors (Lipinski definition) is 3. The van der Waals surface area contributed by atoms with Crippen LogP contribution in [0.15, 0.2) is 34.4 Å². The molecule has 0 spiro atoms. The summed E-state index contributed by atoms with van der Waals surface area (Å²) in [5, 5.41) is 7.26. The van der Waals surface area contributed by atoms with Crippen LogP contribution >= 0.6 is 11.8 Å². The number of sulfonamides is 1. The second-order valence-electron chi connectivity index (χ2n) is 5.60. The average Bonchev–Trinajstić information content (AvgIpc) is 3.06. The molecule has 134 valence electrons. The topological polar surface area (TPSA) is 95.5 Å². The Morgan fingerprint density at radius 1 is 1.42 bits per heavy atom. The van der Waals surface area contributed by atoms with Crippen LogP contribution in [-0.2, 0) is 10.0 Å². The predicted molar refractivity (Wildman–Crippen MR) is 98.9 cm³/mol. The molecule has 1 aromatic heterocycles. The van der Waals surface area contributed by atoms with E-state index in [1.807, 2.05) is 11.8 Å². The molecule has 3 N–H and O–H groups in total. The molecule has 0 bridgehead atoms. The van der Waals surface area contributed by atoms with E-state index in [1.54, 1.807) is 19.3 Å². The van der Waals surface area contributed by atoms with Crippen molar-refractivity contribution in [3.63, 3.8) is 0 Å². The van der Waals surface area contributed by atoms with Gasteiger partial charge in [0.1, 0.15) is 4.90 Å². The van der Waals surface area contributed by atoms with Crippen LogP contribution < -0.4 is 15.4 Å². The van der Waals surface area contributed by atoms with Gasteiger partial charge in [-0.2, -0.15) is 11.8 Å². The van der Waals surface area contributed by atoms with Gasteiger partial charge in [0.15, 0.2) is 5.96 Å². The van der Waals surface area contributed by atoms with Crippen molar-refractivity contribution in [3.8, 4) is 0 Å². The maximum Gasteiger partial charge on any atom is 0.242 e. The summed E-state index contributed by atoms with van der Waals surface area (Å²) >= 11 is 1.91. The van der Waals surface area contributed by atoms with Gasteiger partial charge in [0.2, 0.25) is 10.0 Å². The van der Waals surface area contributed by atoms with Gasteiger partial charge in [-0.25, -0.2) is 13.1 Å². The number of aromatic nitrogens is 1. The first-order valence-corrected chi connectivity index (χ1v) is 10.7. The number of pyridine rings is 1. The molecule has 24 heavy (non-hydrogen) atoms. The molecule has 0 aromatic carbocycles. The molecule has 1 aliphatic rings. The lowest BCUT2D eigenvalue weighted by atomic mass is 10.2. The van der Waals surface area contributed by atoms with E-state index in [0.717, 1.165) is 12.8 Å². The summed E-state index contributed by atoms with van der Waals surface area (Å²) in [5.41, 5.74) is 0. The lowest BCUT2D eigenvalue weighted by Gasteiger charge is -2.17. The Bertz CT molecular complexity index is 637. The Morgan fingerprint density at radius 2 is 2.25 bits per heavy atom. The van der Waals surface area contributed by atoms with Crippen molar-refractivity contribution in [1.29, 1.82) is 0 Å². The molecule has 2 rings (SSSR count). The number of hydrogen-bond acceptors (Lipinski definition) is 5. The smallest absolute Gasteiger partial charge is 0.242 e. The van der Waals surface area contributed by atoms with Crippen molar-refractivity contribution >= 4 is 27.7 Å². The molecule has 1 heterocycles. The van der Waals surface area contributed by atoms with E-state index in [9.17, 15) is 8.42 Å². The van der Waals surface area contributed by atoms with Crippen LogP contribution in [-0.4, -0.2) is 57.0 Å². The van der Waals surface area contributed by atoms with Crippen LogP contribution in [0.3, 0.4) is 0 Å². The summed E-state index contributed by atoms with van der Waals surface area (Å²) in [7, 11) is -1.80. The van der Waals surface area contributed by atoms with Gasteiger partial charge >= 0.3 is 0 Å². The van der Waals surface area contributed by atoms with E-state index in [4.69, 9.17) is 0 Å². The maximum absolute atomic E-state index is 12.1. The van der Waals surface area contributed by atoms with Crippen LogP contribution in [0.4, 0.5) is 0 Å². The summed E-state index contributed by atoms with van der Waals surface area (Å²) in [6.07, 6.45) is 8.52. The molecule has 2 atom stereocenters. The zero-order chi connectivity index (χ0) is 17.4. The van der Waals surface area contributed by atoms with Crippen LogP contribution in [0.2, 0.25) is 0 Å². The minimum absolute atomic E-state index is 0.168.